The third kappa shape index (κ3) is 50.7. The van der Waals surface area contributed by atoms with Gasteiger partial charge in [0, 0.05) is 20.1 Å². The molecule has 0 nitrogen and oxygen atoms in total. The summed E-state index contributed by atoms with van der Waals surface area (Å²) in [7, 11) is 0. The Morgan fingerprint density at radius 2 is 0.459 bits per heavy atom. The van der Waals surface area contributed by atoms with Gasteiger partial charge in [-0.3, -0.25) is 0 Å². The van der Waals surface area contributed by atoms with Crippen molar-refractivity contribution < 1.29 is 13.2 Å². The fourth-order valence-electron chi connectivity index (χ4n) is 13.0. The van der Waals surface area contributed by atoms with Crippen LogP contribution in [-0.2, 0) is 65.0 Å². The van der Waals surface area contributed by atoms with E-state index in [0.717, 1.165) is 42.3 Å². The Hall–Kier alpha value is -8.41. The Bertz CT molecular complexity index is 4960. The predicted octanol–water partition coefficient (Wildman–Crippen LogP) is 41.3. The van der Waals surface area contributed by atoms with Crippen LogP contribution < -0.4 is 0 Å². The number of halogens is 7. The Morgan fingerprint density at radius 1 is 0.163 bits per heavy atom. The quantitative estimate of drug-likeness (QED) is 0.142. The molecule has 12 rings (SSSR count). The molecule has 0 spiro atoms. The molecule has 12 aromatic rings. The summed E-state index contributed by atoms with van der Waals surface area (Å²) in [5.74, 6) is -0.375. The largest absolute Gasteiger partial charge is 0.207 e. The zero-order valence-corrected chi connectivity index (χ0v) is 95.2. The van der Waals surface area contributed by atoms with Crippen LogP contribution in [0, 0.1) is 72.8 Å². The van der Waals surface area contributed by atoms with Crippen molar-refractivity contribution in [1.29, 1.82) is 0 Å². The molecule has 0 aliphatic rings. The molecule has 0 aromatic heterocycles. The molecule has 0 aliphatic carbocycles. The second kappa shape index (κ2) is 54.2. The van der Waals surface area contributed by atoms with Crippen molar-refractivity contribution in [2.45, 2.75) is 370 Å². The molecule has 738 valence electrons. The van der Waals surface area contributed by atoms with Crippen molar-refractivity contribution in [2.24, 2.45) is 0 Å². The average Bonchev–Trinajstić information content (AvgIpc) is 0.843. The summed E-state index contributed by atoms with van der Waals surface area (Å²) in [6.45, 7) is 94.7. The second-order valence-electron chi connectivity index (χ2n) is 48.2. The third-order valence-corrected chi connectivity index (χ3v) is 23.5. The van der Waals surface area contributed by atoms with Crippen molar-refractivity contribution in [1.82, 2.24) is 0 Å². The van der Waals surface area contributed by atoms with E-state index in [1.165, 1.54) is 95.6 Å². The van der Waals surface area contributed by atoms with Gasteiger partial charge in [0.05, 0.1) is 0 Å². The van der Waals surface area contributed by atoms with E-state index in [4.69, 9.17) is 46.4 Å². The fourth-order valence-corrected chi connectivity index (χ4v) is 14.1. The molecule has 0 amide bonds. The lowest BCUT2D eigenvalue weighted by atomic mass is 9.84. The van der Waals surface area contributed by atoms with Crippen LogP contribution >= 0.6 is 46.4 Å². The first kappa shape index (κ1) is 125. The highest BCUT2D eigenvalue weighted by atomic mass is 35.5. The van der Waals surface area contributed by atoms with Gasteiger partial charge in [-0.2, -0.15) is 0 Å². The Morgan fingerprint density at radius 3 is 0.741 bits per heavy atom. The number of hydrogen-bond acceptors (Lipinski definition) is 0. The molecule has 0 fully saturated rings. The highest BCUT2D eigenvalue weighted by Crippen LogP contribution is 2.34. The van der Waals surface area contributed by atoms with E-state index in [2.05, 4.69) is 428 Å². The topological polar surface area (TPSA) is 0 Å². The van der Waals surface area contributed by atoms with Crippen molar-refractivity contribution in [3.8, 4) is 0 Å². The molecule has 0 unspecified atom stereocenters. The molecular formula is C128H177Cl4F3. The molecule has 135 heavy (non-hydrogen) atoms. The molecule has 7 heteroatoms. The summed E-state index contributed by atoms with van der Waals surface area (Å²) in [5.41, 5.74) is 27.0. The fraction of sp³-hybridized carbons (Fsp3) is 0.438. The highest BCUT2D eigenvalue weighted by Gasteiger charge is 2.23. The van der Waals surface area contributed by atoms with Crippen molar-refractivity contribution in [2.75, 3.05) is 0 Å². The monoisotopic (exact) mass is 1910 g/mol. The molecule has 0 saturated heterocycles. The van der Waals surface area contributed by atoms with Gasteiger partial charge in [0.1, 0.15) is 17.5 Å². The Labute approximate surface area is 844 Å². The van der Waals surface area contributed by atoms with Gasteiger partial charge in [0.15, 0.2) is 0 Å². The number of benzene rings is 12. The first-order chi connectivity index (χ1) is 61.3. The summed E-state index contributed by atoms with van der Waals surface area (Å²) < 4.78 is 38.9. The minimum Gasteiger partial charge on any atom is -0.207 e. The summed E-state index contributed by atoms with van der Waals surface area (Å²) in [6, 6.07) is 91.0. The van der Waals surface area contributed by atoms with Crippen LogP contribution in [-0.4, -0.2) is 0 Å². The zero-order chi connectivity index (χ0) is 104. The van der Waals surface area contributed by atoms with E-state index in [-0.39, 0.29) is 82.4 Å². The minimum absolute atomic E-state index is 0.0362. The van der Waals surface area contributed by atoms with E-state index < -0.39 is 0 Å². The van der Waals surface area contributed by atoms with Gasteiger partial charge in [-0.15, -0.1) is 0 Å². The number of hydrogen-bond donors (Lipinski definition) is 0. The van der Waals surface area contributed by atoms with Crippen molar-refractivity contribution in [3.63, 3.8) is 0 Å². The molecule has 0 atom stereocenters. The lowest BCUT2D eigenvalue weighted by Crippen LogP contribution is -2.12. The number of aryl methyl sites for hydroxylation is 8. The van der Waals surface area contributed by atoms with Gasteiger partial charge in [0.2, 0.25) is 0 Å². The summed E-state index contributed by atoms with van der Waals surface area (Å²) in [5, 5.41) is 3.37. The molecule has 0 bridgehead atoms. The molecule has 0 aliphatic heterocycles. The van der Waals surface area contributed by atoms with Crippen LogP contribution in [0.5, 0.6) is 0 Å². The molecule has 0 N–H and O–H groups in total. The van der Waals surface area contributed by atoms with Crippen LogP contribution in [0.2, 0.25) is 20.1 Å². The molecule has 0 radical (unpaired) electrons. The van der Waals surface area contributed by atoms with Gasteiger partial charge >= 0.3 is 0 Å². The molecule has 12 aromatic carbocycles. The standard InChI is InChI=1S/2C11H15Cl.C11H15F.5C11H16.2C10H13Cl.2C10H13F/c1-8-5-9(11(2,3)4)7-10(12)6-8;2*1-8-5-6-9(7-10(8)12)11(2,3)4;3*1-9-5-7-10(8-6-9)11(2,3)4;1-9-6-5-7-10(8-9)11(2,3)4;1-9-7-5-6-8-10(9)11(2,3)4;1-10(2,3)8-5-4-6-9(11)7-8;1-10(2,3)8-6-4-5-7-9(8)11;1-10(2,3)8-5-4-6-9(11)7-8;1-10(2,3)8-6-4-5-7-9(8)11/h3*5-7H,1-4H3;5*5-8H,1-4H3;4*4-7H,1-3H3. The van der Waals surface area contributed by atoms with Gasteiger partial charge in [-0.25, -0.2) is 13.2 Å². The molecule has 0 saturated carbocycles. The lowest BCUT2D eigenvalue weighted by Gasteiger charge is -2.21. The van der Waals surface area contributed by atoms with Crippen molar-refractivity contribution in [3.05, 3.63) is 422 Å². The van der Waals surface area contributed by atoms with Gasteiger partial charge < -0.3 is 0 Å². The average molecular weight is 1910 g/mol. The third-order valence-electron chi connectivity index (χ3n) is 22.3. The van der Waals surface area contributed by atoms with E-state index >= 15 is 0 Å². The maximum atomic E-state index is 13.1. The zero-order valence-electron chi connectivity index (χ0n) is 92.1. The van der Waals surface area contributed by atoms with E-state index in [0.29, 0.717) is 5.56 Å². The normalized spacial score (nSPS) is 11.7. The maximum Gasteiger partial charge on any atom is 0.126 e. The maximum absolute atomic E-state index is 13.1. The predicted molar refractivity (Wildman–Crippen MR) is 600 cm³/mol. The van der Waals surface area contributed by atoms with Gasteiger partial charge in [-0.1, -0.05) is 530 Å². The van der Waals surface area contributed by atoms with E-state index in [1.807, 2.05) is 107 Å². The van der Waals surface area contributed by atoms with E-state index in [9.17, 15) is 13.2 Å². The summed E-state index contributed by atoms with van der Waals surface area (Å²) in [4.78, 5) is 0. The van der Waals surface area contributed by atoms with Crippen LogP contribution in [0.25, 0.3) is 0 Å². The number of rotatable bonds is 0. The summed E-state index contributed by atoms with van der Waals surface area (Å²) >= 11 is 23.8. The van der Waals surface area contributed by atoms with Gasteiger partial charge in [-0.05, 0) is 270 Å². The molecular weight excluding hydrogens is 1740 g/mol. The first-order valence-corrected chi connectivity index (χ1v) is 49.5. The Kier molecular flexibility index (Phi) is 50.1. The first-order valence-electron chi connectivity index (χ1n) is 47.9. The summed E-state index contributed by atoms with van der Waals surface area (Å²) in [6.07, 6.45) is 0. The lowest BCUT2D eigenvalue weighted by molar-refractivity contribution is 0.523. The van der Waals surface area contributed by atoms with Crippen LogP contribution in [0.1, 0.15) is 361 Å². The highest BCUT2D eigenvalue weighted by molar-refractivity contribution is 6.32. The molecule has 0 heterocycles. The van der Waals surface area contributed by atoms with Crippen LogP contribution in [0.3, 0.4) is 0 Å². The van der Waals surface area contributed by atoms with Crippen LogP contribution in [0.4, 0.5) is 13.2 Å². The van der Waals surface area contributed by atoms with Crippen LogP contribution in [0.15, 0.2) is 273 Å². The van der Waals surface area contributed by atoms with E-state index in [1.54, 1.807) is 31.2 Å². The Balaban J connectivity index is 0.000000736. The van der Waals surface area contributed by atoms with Crippen molar-refractivity contribution >= 4 is 46.4 Å². The minimum atomic E-state index is -0.155. The second-order valence-corrected chi connectivity index (χ2v) is 49.9. The smallest absolute Gasteiger partial charge is 0.126 e. The van der Waals surface area contributed by atoms with Gasteiger partial charge in [0.25, 0.3) is 0 Å². The SMILES string of the molecule is CC(C)(C)c1cccc(Cl)c1.CC(C)(C)c1cccc(F)c1.CC(C)(C)c1ccccc1Cl.CC(C)(C)c1ccccc1F.Cc1cc(Cl)cc(C(C)(C)C)c1.Cc1ccc(C(C)(C)C)cc1.Cc1ccc(C(C)(C)C)cc1.Cc1ccc(C(C)(C)C)cc1.Cc1ccc(C(C)(C)C)cc1Cl.Cc1ccc(C(C)(C)C)cc1F.Cc1cccc(C(C)(C)C)c1.Cc1ccccc1C(C)(C)C.